The van der Waals surface area contributed by atoms with Gasteiger partial charge >= 0.3 is 0 Å². The molecule has 0 bridgehead atoms. The van der Waals surface area contributed by atoms with Crippen LogP contribution in [0.5, 0.6) is 0 Å². The lowest BCUT2D eigenvalue weighted by molar-refractivity contribution is 0.545. The Balaban J connectivity index is 1.82. The van der Waals surface area contributed by atoms with E-state index in [4.69, 9.17) is 5.26 Å². The fourth-order valence-corrected chi connectivity index (χ4v) is 3.00. The lowest BCUT2D eigenvalue weighted by Crippen LogP contribution is -2.26. The van der Waals surface area contributed by atoms with Crippen LogP contribution in [0.15, 0.2) is 41.6 Å². The molecule has 1 N–H and O–H groups in total. The highest BCUT2D eigenvalue weighted by atomic mass is 32.2. The van der Waals surface area contributed by atoms with Gasteiger partial charge in [0, 0.05) is 19.3 Å². The van der Waals surface area contributed by atoms with Gasteiger partial charge in [0.15, 0.2) is 9.84 Å². The van der Waals surface area contributed by atoms with Crippen molar-refractivity contribution < 1.29 is 8.42 Å². The topological polar surface area (TPSA) is 101 Å². The Morgan fingerprint density at radius 2 is 2.19 bits per heavy atom. The minimum absolute atomic E-state index is 0.0146. The van der Waals surface area contributed by atoms with Crippen molar-refractivity contribution in [1.29, 1.82) is 5.26 Å². The average molecular weight is 305 g/mol. The van der Waals surface area contributed by atoms with E-state index >= 15 is 0 Å². The van der Waals surface area contributed by atoms with E-state index in [1.807, 2.05) is 6.07 Å². The normalized spacial score (nSPS) is 11.2. The first-order valence-electron chi connectivity index (χ1n) is 6.39. The number of aromatic nitrogens is 3. The van der Waals surface area contributed by atoms with E-state index in [0.29, 0.717) is 25.2 Å². The van der Waals surface area contributed by atoms with E-state index in [9.17, 15) is 8.42 Å². The molecule has 0 atom stereocenters. The van der Waals surface area contributed by atoms with Crippen molar-refractivity contribution in [1.82, 2.24) is 20.3 Å². The summed E-state index contributed by atoms with van der Waals surface area (Å²) in [5, 5.41) is 19.3. The van der Waals surface area contributed by atoms with Crippen LogP contribution in [0.25, 0.3) is 0 Å². The number of nitriles is 1. The maximum atomic E-state index is 12.1. The Labute approximate surface area is 123 Å². The predicted molar refractivity (Wildman–Crippen MR) is 76.1 cm³/mol. The molecule has 0 radical (unpaired) electrons. The van der Waals surface area contributed by atoms with E-state index in [1.54, 1.807) is 29.2 Å². The number of nitrogens with zero attached hydrogens (tertiary/aromatic N) is 4. The van der Waals surface area contributed by atoms with Gasteiger partial charge < -0.3 is 5.32 Å². The molecule has 7 nitrogen and oxygen atoms in total. The molecule has 8 heteroatoms. The molecule has 0 spiro atoms. The zero-order valence-corrected chi connectivity index (χ0v) is 12.1. The van der Waals surface area contributed by atoms with Crippen LogP contribution in [0.4, 0.5) is 0 Å². The van der Waals surface area contributed by atoms with Gasteiger partial charge in [-0.2, -0.15) is 5.26 Å². The highest BCUT2D eigenvalue weighted by Crippen LogP contribution is 2.12. The minimum Gasteiger partial charge on any atom is -0.314 e. The number of sulfone groups is 1. The summed E-state index contributed by atoms with van der Waals surface area (Å²) in [6.07, 6.45) is 3.33. The predicted octanol–water partition coefficient (Wildman–Crippen LogP) is 0.213. The molecule has 0 aliphatic rings. The molecule has 1 heterocycles. The maximum absolute atomic E-state index is 12.1. The van der Waals surface area contributed by atoms with E-state index in [2.05, 4.69) is 15.6 Å². The monoisotopic (exact) mass is 305 g/mol. The largest absolute Gasteiger partial charge is 0.314 e. The molecule has 0 unspecified atom stereocenters. The van der Waals surface area contributed by atoms with Gasteiger partial charge in [-0.1, -0.05) is 11.3 Å². The van der Waals surface area contributed by atoms with Gasteiger partial charge in [0.05, 0.1) is 35.0 Å². The van der Waals surface area contributed by atoms with Crippen LogP contribution in [-0.4, -0.2) is 42.3 Å². The van der Waals surface area contributed by atoms with Crippen LogP contribution in [0.3, 0.4) is 0 Å². The average Bonchev–Trinajstić information content (AvgIpc) is 3.00. The molecule has 0 aliphatic carbocycles. The lowest BCUT2D eigenvalue weighted by atomic mass is 10.2. The Bertz CT molecular complexity index is 719. The van der Waals surface area contributed by atoms with Crippen LogP contribution in [0, 0.1) is 11.3 Å². The smallest absolute Gasteiger partial charge is 0.179 e. The summed E-state index contributed by atoms with van der Waals surface area (Å²) in [6.45, 7) is 1.58. The molecule has 0 saturated heterocycles. The van der Waals surface area contributed by atoms with Crippen molar-refractivity contribution >= 4 is 9.84 Å². The molecule has 0 aliphatic heterocycles. The first-order chi connectivity index (χ1) is 10.1. The van der Waals surface area contributed by atoms with E-state index in [-0.39, 0.29) is 10.6 Å². The van der Waals surface area contributed by atoms with Gasteiger partial charge in [-0.25, -0.2) is 8.42 Å². The Hall–Kier alpha value is -2.24. The van der Waals surface area contributed by atoms with Crippen molar-refractivity contribution in [3.63, 3.8) is 0 Å². The molecule has 110 valence electrons. The van der Waals surface area contributed by atoms with Gasteiger partial charge in [0.1, 0.15) is 0 Å². The van der Waals surface area contributed by atoms with Crippen molar-refractivity contribution in [2.75, 3.05) is 18.8 Å². The van der Waals surface area contributed by atoms with Gasteiger partial charge in [-0.3, -0.25) is 4.68 Å². The summed E-state index contributed by atoms with van der Waals surface area (Å²) in [6, 6.07) is 7.99. The van der Waals surface area contributed by atoms with Crippen molar-refractivity contribution in [3.05, 3.63) is 42.2 Å². The van der Waals surface area contributed by atoms with Crippen LogP contribution >= 0.6 is 0 Å². The van der Waals surface area contributed by atoms with Crippen LogP contribution in [-0.2, 0) is 16.4 Å². The summed E-state index contributed by atoms with van der Waals surface area (Å²) in [5.41, 5.74) is 0.343. The molecular weight excluding hydrogens is 290 g/mol. The molecule has 1 aromatic heterocycles. The number of hydrogen-bond donors (Lipinski definition) is 1. The minimum atomic E-state index is -3.38. The van der Waals surface area contributed by atoms with E-state index in [1.165, 1.54) is 12.1 Å². The second-order valence-corrected chi connectivity index (χ2v) is 6.48. The molecule has 21 heavy (non-hydrogen) atoms. The molecule has 1 aromatic carbocycles. The zero-order chi connectivity index (χ0) is 15.1. The van der Waals surface area contributed by atoms with Gasteiger partial charge in [-0.05, 0) is 18.2 Å². The number of nitrogens with one attached hydrogen (secondary N) is 1. The van der Waals surface area contributed by atoms with E-state index in [0.717, 1.165) is 0 Å². The Kier molecular flexibility index (Phi) is 5.03. The third-order valence-corrected chi connectivity index (χ3v) is 4.57. The first kappa shape index (κ1) is 15.2. The summed E-state index contributed by atoms with van der Waals surface area (Å²) in [7, 11) is -3.38. The fourth-order valence-electron chi connectivity index (χ4n) is 1.75. The van der Waals surface area contributed by atoms with Crippen LogP contribution in [0.2, 0.25) is 0 Å². The van der Waals surface area contributed by atoms with Gasteiger partial charge in [0.25, 0.3) is 0 Å². The summed E-state index contributed by atoms with van der Waals surface area (Å²) < 4.78 is 25.9. The lowest BCUT2D eigenvalue weighted by Gasteiger charge is -2.06. The molecule has 0 amide bonds. The molecule has 0 saturated carbocycles. The second-order valence-electron chi connectivity index (χ2n) is 4.37. The molecular formula is C13H15N5O2S. The van der Waals surface area contributed by atoms with Crippen molar-refractivity contribution in [3.8, 4) is 6.07 Å². The standard InChI is InChI=1S/C13H15N5O2S/c14-11-12-2-1-3-13(10-12)21(19,20)9-6-15-4-7-18-8-5-16-17-18/h1-3,5,8,10,15H,4,6-7,9H2. The zero-order valence-electron chi connectivity index (χ0n) is 11.3. The summed E-state index contributed by atoms with van der Waals surface area (Å²) >= 11 is 0. The SMILES string of the molecule is N#Cc1cccc(S(=O)(=O)CCNCCn2ccnn2)c1. The number of hydrogen-bond acceptors (Lipinski definition) is 6. The molecule has 2 rings (SSSR count). The van der Waals surface area contributed by atoms with Crippen LogP contribution < -0.4 is 5.32 Å². The molecule has 2 aromatic rings. The van der Waals surface area contributed by atoms with Gasteiger partial charge in [-0.15, -0.1) is 5.10 Å². The number of rotatable bonds is 7. The fraction of sp³-hybridized carbons (Fsp3) is 0.308. The first-order valence-corrected chi connectivity index (χ1v) is 8.05. The maximum Gasteiger partial charge on any atom is 0.179 e. The Morgan fingerprint density at radius 1 is 1.33 bits per heavy atom. The highest BCUT2D eigenvalue weighted by Gasteiger charge is 2.14. The summed E-state index contributed by atoms with van der Waals surface area (Å²) in [5.74, 6) is -0.0146. The molecule has 0 fully saturated rings. The number of benzene rings is 1. The third-order valence-electron chi connectivity index (χ3n) is 2.86. The van der Waals surface area contributed by atoms with Crippen molar-refractivity contribution in [2.45, 2.75) is 11.4 Å². The third kappa shape index (κ3) is 4.37. The quantitative estimate of drug-likeness (QED) is 0.734. The van der Waals surface area contributed by atoms with Crippen molar-refractivity contribution in [2.24, 2.45) is 0 Å². The van der Waals surface area contributed by atoms with Gasteiger partial charge in [0.2, 0.25) is 0 Å². The van der Waals surface area contributed by atoms with E-state index < -0.39 is 9.84 Å². The summed E-state index contributed by atoms with van der Waals surface area (Å²) in [4.78, 5) is 0.180. The second kappa shape index (κ2) is 6.97. The Morgan fingerprint density at radius 3 is 2.90 bits per heavy atom. The highest BCUT2D eigenvalue weighted by molar-refractivity contribution is 7.91. The van der Waals surface area contributed by atoms with Crippen LogP contribution in [0.1, 0.15) is 5.56 Å².